The molecule has 0 radical (unpaired) electrons. The van der Waals surface area contributed by atoms with E-state index in [0.717, 1.165) is 0 Å². The molecular formula is C19H26N6O6. The molecule has 31 heavy (non-hydrogen) atoms. The largest absolute Gasteiger partial charge is 0.463 e. The van der Waals surface area contributed by atoms with Gasteiger partial charge in [-0.05, 0) is 38.0 Å². The van der Waals surface area contributed by atoms with Crippen LogP contribution in [0.1, 0.15) is 32.3 Å². The predicted molar refractivity (Wildman–Crippen MR) is 111 cm³/mol. The molecule has 0 unspecified atom stereocenters. The van der Waals surface area contributed by atoms with Crippen LogP contribution in [0.2, 0.25) is 0 Å². The first-order chi connectivity index (χ1) is 14.8. The number of primary amides is 1. The molecule has 168 valence electrons. The molecule has 12 nitrogen and oxygen atoms in total. The van der Waals surface area contributed by atoms with Crippen molar-refractivity contribution in [3.05, 3.63) is 29.8 Å². The van der Waals surface area contributed by atoms with Crippen molar-refractivity contribution in [3.8, 4) is 0 Å². The zero-order chi connectivity index (χ0) is 22.8. The molecule has 2 rings (SSSR count). The Morgan fingerprint density at radius 1 is 1.29 bits per heavy atom. The molecule has 0 bridgehead atoms. The monoisotopic (exact) mass is 434 g/mol. The van der Waals surface area contributed by atoms with Crippen molar-refractivity contribution in [1.82, 2.24) is 16.2 Å². The first kappa shape index (κ1) is 23.4. The van der Waals surface area contributed by atoms with Crippen molar-refractivity contribution in [3.63, 3.8) is 0 Å². The third-order valence-corrected chi connectivity index (χ3v) is 4.11. The van der Waals surface area contributed by atoms with Crippen molar-refractivity contribution >= 4 is 35.9 Å². The fourth-order valence-electron chi connectivity index (χ4n) is 2.79. The number of nitrogens with one attached hydrogen (secondary N) is 3. The second-order valence-corrected chi connectivity index (χ2v) is 6.88. The summed E-state index contributed by atoms with van der Waals surface area (Å²) in [5, 5.41) is 8.83. The van der Waals surface area contributed by atoms with E-state index < -0.39 is 24.1 Å². The molecule has 0 spiro atoms. The first-order valence-corrected chi connectivity index (χ1v) is 9.66. The molecular weight excluding hydrogens is 408 g/mol. The summed E-state index contributed by atoms with van der Waals surface area (Å²) >= 11 is 0. The van der Waals surface area contributed by atoms with Crippen LogP contribution in [0.3, 0.4) is 0 Å². The second kappa shape index (κ2) is 11.4. The van der Waals surface area contributed by atoms with Crippen LogP contribution in [0.4, 0.5) is 15.3 Å². The molecule has 12 heteroatoms. The maximum absolute atomic E-state index is 12.6. The number of esters is 1. The summed E-state index contributed by atoms with van der Waals surface area (Å²) in [7, 11) is 0. The number of benzene rings is 1. The Balaban J connectivity index is 1.79. The SMILES string of the molecule is CC(C)OC(=O)CCNC(=O)N[C@H]1CCN(c2ccc(C=NNOC(N)=O)cc2)C1=O. The van der Waals surface area contributed by atoms with Gasteiger partial charge in [0.1, 0.15) is 6.04 Å². The van der Waals surface area contributed by atoms with Gasteiger partial charge in [-0.2, -0.15) is 5.10 Å². The van der Waals surface area contributed by atoms with Crippen LogP contribution in [-0.4, -0.2) is 55.5 Å². The standard InChI is InChI=1S/C19H26N6O6/c1-12(2)30-16(26)7-9-21-19(29)23-15-8-10-25(17(15)27)14-5-3-13(4-6-14)11-22-24-31-18(20)28/h3-6,11-12,15,24H,7-10H2,1-2H3,(H2,20,28)(H2,21,23,29)/t15-/m0/s1. The van der Waals surface area contributed by atoms with E-state index in [0.29, 0.717) is 24.2 Å². The minimum absolute atomic E-state index is 0.0518. The lowest BCUT2D eigenvalue weighted by Gasteiger charge is -2.17. The van der Waals surface area contributed by atoms with Gasteiger partial charge in [0, 0.05) is 18.8 Å². The fraction of sp³-hybridized carbons (Fsp3) is 0.421. The number of nitrogens with two attached hydrogens (primary N) is 1. The highest BCUT2D eigenvalue weighted by Crippen LogP contribution is 2.21. The maximum Gasteiger partial charge on any atom is 0.430 e. The van der Waals surface area contributed by atoms with Gasteiger partial charge < -0.3 is 30.8 Å². The summed E-state index contributed by atoms with van der Waals surface area (Å²) in [6, 6.07) is 5.74. The van der Waals surface area contributed by atoms with Gasteiger partial charge in [0.05, 0.1) is 18.7 Å². The predicted octanol–water partition coefficient (Wildman–Crippen LogP) is 0.367. The number of hydrogen-bond acceptors (Lipinski definition) is 8. The number of hydrogen-bond donors (Lipinski definition) is 4. The summed E-state index contributed by atoms with van der Waals surface area (Å²) < 4.78 is 4.98. The minimum atomic E-state index is -1.01. The van der Waals surface area contributed by atoms with E-state index in [1.807, 2.05) is 5.59 Å². The van der Waals surface area contributed by atoms with Gasteiger partial charge in [0.2, 0.25) is 5.91 Å². The highest BCUT2D eigenvalue weighted by atomic mass is 16.7. The lowest BCUT2D eigenvalue weighted by Crippen LogP contribution is -2.46. The van der Waals surface area contributed by atoms with Gasteiger partial charge in [-0.25, -0.2) is 9.59 Å². The number of urea groups is 1. The Morgan fingerprint density at radius 2 is 2.00 bits per heavy atom. The normalized spacial score (nSPS) is 15.8. The second-order valence-electron chi connectivity index (χ2n) is 6.88. The van der Waals surface area contributed by atoms with Gasteiger partial charge in [0.15, 0.2) is 0 Å². The molecule has 4 amide bonds. The Kier molecular flexibility index (Phi) is 8.61. The average molecular weight is 434 g/mol. The number of amides is 4. The Bertz CT molecular complexity index is 826. The average Bonchev–Trinajstić information content (AvgIpc) is 3.05. The van der Waals surface area contributed by atoms with Gasteiger partial charge >= 0.3 is 18.1 Å². The van der Waals surface area contributed by atoms with Gasteiger partial charge in [-0.15, -0.1) is 5.59 Å². The van der Waals surface area contributed by atoms with E-state index in [1.54, 1.807) is 43.0 Å². The highest BCUT2D eigenvalue weighted by molar-refractivity contribution is 6.01. The molecule has 1 fully saturated rings. The maximum atomic E-state index is 12.6. The zero-order valence-electron chi connectivity index (χ0n) is 17.3. The Hall–Kier alpha value is -3.83. The molecule has 1 heterocycles. The van der Waals surface area contributed by atoms with E-state index in [-0.39, 0.29) is 25.0 Å². The molecule has 1 aromatic rings. The number of carbonyl (C=O) groups excluding carboxylic acids is 4. The van der Waals surface area contributed by atoms with E-state index in [2.05, 4.69) is 20.6 Å². The summed E-state index contributed by atoms with van der Waals surface area (Å²) in [6.07, 6.45) is 0.697. The molecule has 0 aliphatic carbocycles. The number of rotatable bonds is 9. The van der Waals surface area contributed by atoms with Crippen LogP contribution in [-0.2, 0) is 19.2 Å². The summed E-state index contributed by atoms with van der Waals surface area (Å²) in [6.45, 7) is 4.06. The summed E-state index contributed by atoms with van der Waals surface area (Å²) in [5.41, 5.74) is 8.17. The van der Waals surface area contributed by atoms with E-state index >= 15 is 0 Å². The van der Waals surface area contributed by atoms with E-state index in [1.165, 1.54) is 6.21 Å². The number of ether oxygens (including phenoxy) is 1. The van der Waals surface area contributed by atoms with Crippen molar-refractivity contribution in [2.45, 2.75) is 38.8 Å². The van der Waals surface area contributed by atoms with Crippen LogP contribution in [0.15, 0.2) is 29.4 Å². The molecule has 5 N–H and O–H groups in total. The summed E-state index contributed by atoms with van der Waals surface area (Å²) in [4.78, 5) is 52.3. The van der Waals surface area contributed by atoms with Crippen LogP contribution >= 0.6 is 0 Å². The number of carbonyl (C=O) groups is 4. The van der Waals surface area contributed by atoms with Crippen molar-refractivity contribution in [2.24, 2.45) is 10.8 Å². The molecule has 1 atom stereocenters. The van der Waals surface area contributed by atoms with Gasteiger partial charge in [-0.3, -0.25) is 9.59 Å². The zero-order valence-corrected chi connectivity index (χ0v) is 17.3. The molecule has 0 aromatic heterocycles. The molecule has 1 aromatic carbocycles. The van der Waals surface area contributed by atoms with Crippen molar-refractivity contribution < 1.29 is 28.8 Å². The van der Waals surface area contributed by atoms with E-state index in [4.69, 9.17) is 10.5 Å². The Labute approximate surface area is 179 Å². The molecule has 1 aliphatic heterocycles. The number of anilines is 1. The third-order valence-electron chi connectivity index (χ3n) is 4.11. The fourth-order valence-corrected chi connectivity index (χ4v) is 2.79. The van der Waals surface area contributed by atoms with Crippen LogP contribution in [0.25, 0.3) is 0 Å². The molecule has 1 saturated heterocycles. The van der Waals surface area contributed by atoms with E-state index in [9.17, 15) is 19.2 Å². The molecule has 1 aliphatic rings. The van der Waals surface area contributed by atoms with Crippen LogP contribution in [0.5, 0.6) is 0 Å². The van der Waals surface area contributed by atoms with Crippen LogP contribution in [0, 0.1) is 0 Å². The van der Waals surface area contributed by atoms with Gasteiger partial charge in [-0.1, -0.05) is 12.1 Å². The number of hydrazone groups is 1. The summed E-state index contributed by atoms with van der Waals surface area (Å²) in [5.74, 6) is -0.629. The quantitative estimate of drug-likeness (QED) is 0.248. The van der Waals surface area contributed by atoms with Crippen molar-refractivity contribution in [2.75, 3.05) is 18.0 Å². The smallest absolute Gasteiger partial charge is 0.430 e. The third kappa shape index (κ3) is 7.84. The lowest BCUT2D eigenvalue weighted by molar-refractivity contribution is -0.147. The van der Waals surface area contributed by atoms with Crippen LogP contribution < -0.4 is 26.9 Å². The minimum Gasteiger partial charge on any atom is -0.463 e. The lowest BCUT2D eigenvalue weighted by atomic mass is 10.2. The van der Waals surface area contributed by atoms with Crippen molar-refractivity contribution in [1.29, 1.82) is 0 Å². The topological polar surface area (TPSA) is 164 Å². The first-order valence-electron chi connectivity index (χ1n) is 9.66. The van der Waals surface area contributed by atoms with Gasteiger partial charge in [0.25, 0.3) is 0 Å². The Morgan fingerprint density at radius 3 is 2.65 bits per heavy atom. The molecule has 0 saturated carbocycles. The number of nitrogens with zero attached hydrogens (tertiary/aromatic N) is 2. The highest BCUT2D eigenvalue weighted by Gasteiger charge is 2.33.